The van der Waals surface area contributed by atoms with Crippen LogP contribution in [0.3, 0.4) is 0 Å². The van der Waals surface area contributed by atoms with E-state index in [4.69, 9.17) is 10.00 Å². The molecule has 0 aromatic heterocycles. The molecule has 0 radical (unpaired) electrons. The summed E-state index contributed by atoms with van der Waals surface area (Å²) in [5, 5.41) is 21.8. The van der Waals surface area contributed by atoms with Gasteiger partial charge in [-0.3, -0.25) is 4.79 Å². The summed E-state index contributed by atoms with van der Waals surface area (Å²) >= 11 is 0. The molecule has 0 fully saturated rings. The van der Waals surface area contributed by atoms with Gasteiger partial charge in [-0.2, -0.15) is 5.26 Å². The number of rotatable bonds is 5. The zero-order chi connectivity index (χ0) is 17.7. The van der Waals surface area contributed by atoms with Gasteiger partial charge in [0, 0.05) is 5.69 Å². The maximum Gasteiger partial charge on any atom is 0.259 e. The molecule has 24 heavy (non-hydrogen) atoms. The van der Waals surface area contributed by atoms with Crippen molar-refractivity contribution >= 4 is 11.6 Å². The molecule has 5 heteroatoms. The second kappa shape index (κ2) is 7.16. The number of aryl methyl sites for hydroxylation is 2. The summed E-state index contributed by atoms with van der Waals surface area (Å²) in [5.41, 5.74) is 1.64. The monoisotopic (exact) mass is 324 g/mol. The van der Waals surface area contributed by atoms with Crippen molar-refractivity contribution in [2.24, 2.45) is 0 Å². The van der Waals surface area contributed by atoms with Gasteiger partial charge in [0.25, 0.3) is 5.91 Å². The summed E-state index contributed by atoms with van der Waals surface area (Å²) in [4.78, 5) is 12.3. The van der Waals surface area contributed by atoms with Crippen LogP contribution in [0.1, 0.15) is 23.6 Å². The van der Waals surface area contributed by atoms with Crippen LogP contribution in [-0.4, -0.2) is 23.2 Å². The number of carbonyl (C=O) groups excluding carboxylic acids is 1. The van der Waals surface area contributed by atoms with Crippen LogP contribution in [0.2, 0.25) is 0 Å². The molecule has 0 aliphatic carbocycles. The lowest BCUT2D eigenvalue weighted by Gasteiger charge is -2.22. The number of ether oxygens (including phenoxy) is 1. The highest BCUT2D eigenvalue weighted by Crippen LogP contribution is 2.18. The van der Waals surface area contributed by atoms with Crippen LogP contribution in [0, 0.1) is 25.2 Å². The Bertz CT molecular complexity index is 774. The lowest BCUT2D eigenvalue weighted by Crippen LogP contribution is -2.45. The Morgan fingerprint density at radius 3 is 2.46 bits per heavy atom. The first kappa shape index (κ1) is 17.5. The fourth-order valence-corrected chi connectivity index (χ4v) is 2.00. The van der Waals surface area contributed by atoms with Crippen molar-refractivity contribution < 1.29 is 14.6 Å². The first-order valence-corrected chi connectivity index (χ1v) is 7.56. The third kappa shape index (κ3) is 4.34. The molecule has 1 amide bonds. The molecule has 5 nitrogen and oxygen atoms in total. The standard InChI is InChI=1S/C19H20N2O3/c1-13-4-7-16(10-14(13)2)21-18(22)19(3,23)12-24-17-8-5-15(11-20)6-9-17/h4-10,23H,12H2,1-3H3,(H,21,22)/t19-/m0/s1. The molecule has 0 aliphatic rings. The Morgan fingerprint density at radius 2 is 1.88 bits per heavy atom. The highest BCUT2D eigenvalue weighted by molar-refractivity contribution is 5.97. The van der Waals surface area contributed by atoms with Gasteiger partial charge in [0.1, 0.15) is 12.4 Å². The number of nitriles is 1. The van der Waals surface area contributed by atoms with Gasteiger partial charge in [-0.25, -0.2) is 0 Å². The maximum absolute atomic E-state index is 12.3. The maximum atomic E-state index is 12.3. The molecular formula is C19H20N2O3. The number of nitrogens with zero attached hydrogens (tertiary/aromatic N) is 1. The summed E-state index contributed by atoms with van der Waals surface area (Å²) in [6.07, 6.45) is 0. The Hall–Kier alpha value is -2.84. The SMILES string of the molecule is Cc1ccc(NC(=O)[C@@](C)(O)COc2ccc(C#N)cc2)cc1C. The van der Waals surface area contributed by atoms with E-state index in [1.807, 2.05) is 32.0 Å². The molecule has 2 aromatic carbocycles. The van der Waals surface area contributed by atoms with E-state index in [9.17, 15) is 9.90 Å². The molecule has 0 saturated heterocycles. The van der Waals surface area contributed by atoms with Gasteiger partial charge in [-0.1, -0.05) is 6.07 Å². The van der Waals surface area contributed by atoms with E-state index < -0.39 is 11.5 Å². The van der Waals surface area contributed by atoms with E-state index in [2.05, 4.69) is 5.32 Å². The molecule has 0 aliphatic heterocycles. The molecule has 1 atom stereocenters. The summed E-state index contributed by atoms with van der Waals surface area (Å²) in [7, 11) is 0. The molecule has 0 spiro atoms. The fourth-order valence-electron chi connectivity index (χ4n) is 2.00. The largest absolute Gasteiger partial charge is 0.490 e. The van der Waals surface area contributed by atoms with Gasteiger partial charge >= 0.3 is 0 Å². The molecule has 0 saturated carbocycles. The zero-order valence-electron chi connectivity index (χ0n) is 14.0. The summed E-state index contributed by atoms with van der Waals surface area (Å²) in [6, 6.07) is 14.0. The molecule has 2 rings (SSSR count). The van der Waals surface area contributed by atoms with Crippen LogP contribution in [0.15, 0.2) is 42.5 Å². The minimum Gasteiger partial charge on any atom is -0.490 e. The average Bonchev–Trinajstić information content (AvgIpc) is 2.57. The number of hydrogen-bond donors (Lipinski definition) is 2. The predicted molar refractivity (Wildman–Crippen MR) is 91.8 cm³/mol. The van der Waals surface area contributed by atoms with Crippen LogP contribution in [0.4, 0.5) is 5.69 Å². The van der Waals surface area contributed by atoms with Crippen molar-refractivity contribution in [2.45, 2.75) is 26.4 Å². The average molecular weight is 324 g/mol. The van der Waals surface area contributed by atoms with Crippen LogP contribution in [0.25, 0.3) is 0 Å². The first-order chi connectivity index (χ1) is 11.3. The minimum atomic E-state index is -1.69. The number of carbonyl (C=O) groups is 1. The zero-order valence-corrected chi connectivity index (χ0v) is 14.0. The lowest BCUT2D eigenvalue weighted by atomic mass is 10.1. The van der Waals surface area contributed by atoms with E-state index in [1.165, 1.54) is 6.92 Å². The van der Waals surface area contributed by atoms with E-state index in [0.717, 1.165) is 11.1 Å². The number of benzene rings is 2. The third-order valence-electron chi connectivity index (χ3n) is 3.76. The number of nitrogens with one attached hydrogen (secondary N) is 1. The van der Waals surface area contributed by atoms with E-state index >= 15 is 0 Å². The molecule has 2 N–H and O–H groups in total. The second-order valence-electron chi connectivity index (χ2n) is 5.95. The quantitative estimate of drug-likeness (QED) is 0.886. The highest BCUT2D eigenvalue weighted by Gasteiger charge is 2.31. The first-order valence-electron chi connectivity index (χ1n) is 7.56. The molecule has 0 bridgehead atoms. The van der Waals surface area contributed by atoms with Crippen LogP contribution in [-0.2, 0) is 4.79 Å². The topological polar surface area (TPSA) is 82.3 Å². The Labute approximate surface area is 141 Å². The lowest BCUT2D eigenvalue weighted by molar-refractivity contribution is -0.135. The Balaban J connectivity index is 1.98. The van der Waals surface area contributed by atoms with Crippen molar-refractivity contribution in [1.29, 1.82) is 5.26 Å². The molecule has 124 valence electrons. The van der Waals surface area contributed by atoms with Gasteiger partial charge in [-0.15, -0.1) is 0 Å². The van der Waals surface area contributed by atoms with Crippen molar-refractivity contribution in [3.8, 4) is 11.8 Å². The second-order valence-corrected chi connectivity index (χ2v) is 5.95. The van der Waals surface area contributed by atoms with Crippen molar-refractivity contribution in [2.75, 3.05) is 11.9 Å². The smallest absolute Gasteiger partial charge is 0.259 e. The summed E-state index contributed by atoms with van der Waals surface area (Å²) in [6.45, 7) is 5.14. The molecular weight excluding hydrogens is 304 g/mol. The van der Waals surface area contributed by atoms with Crippen LogP contribution in [0.5, 0.6) is 5.75 Å². The minimum absolute atomic E-state index is 0.199. The number of hydrogen-bond acceptors (Lipinski definition) is 4. The van der Waals surface area contributed by atoms with Gasteiger partial charge in [0.2, 0.25) is 0 Å². The van der Waals surface area contributed by atoms with Crippen LogP contribution < -0.4 is 10.1 Å². The highest BCUT2D eigenvalue weighted by atomic mass is 16.5. The molecule has 2 aromatic rings. The van der Waals surface area contributed by atoms with E-state index in [0.29, 0.717) is 17.0 Å². The summed E-state index contributed by atoms with van der Waals surface area (Å²) < 4.78 is 5.45. The molecule has 0 heterocycles. The Kier molecular flexibility index (Phi) is 5.22. The normalized spacial score (nSPS) is 12.8. The van der Waals surface area contributed by atoms with Gasteiger partial charge in [-0.05, 0) is 68.3 Å². The van der Waals surface area contributed by atoms with E-state index in [1.54, 1.807) is 30.3 Å². The van der Waals surface area contributed by atoms with Crippen molar-refractivity contribution in [1.82, 2.24) is 0 Å². The van der Waals surface area contributed by atoms with Gasteiger partial charge in [0.05, 0.1) is 11.6 Å². The van der Waals surface area contributed by atoms with Crippen LogP contribution >= 0.6 is 0 Å². The molecule has 0 unspecified atom stereocenters. The Morgan fingerprint density at radius 1 is 1.21 bits per heavy atom. The number of aliphatic hydroxyl groups is 1. The number of amides is 1. The predicted octanol–water partition coefficient (Wildman–Crippen LogP) is 2.94. The van der Waals surface area contributed by atoms with Crippen molar-refractivity contribution in [3.63, 3.8) is 0 Å². The van der Waals surface area contributed by atoms with Crippen molar-refractivity contribution in [3.05, 3.63) is 59.2 Å². The van der Waals surface area contributed by atoms with Gasteiger partial charge in [0.15, 0.2) is 5.60 Å². The van der Waals surface area contributed by atoms with Gasteiger partial charge < -0.3 is 15.2 Å². The van der Waals surface area contributed by atoms with E-state index in [-0.39, 0.29) is 6.61 Å². The fraction of sp³-hybridized carbons (Fsp3) is 0.263. The number of anilines is 1. The summed E-state index contributed by atoms with van der Waals surface area (Å²) in [5.74, 6) is -0.0624. The third-order valence-corrected chi connectivity index (χ3v) is 3.76.